The van der Waals surface area contributed by atoms with Crippen molar-refractivity contribution in [2.24, 2.45) is 5.92 Å². The van der Waals surface area contributed by atoms with E-state index in [4.69, 9.17) is 10.5 Å². The number of carbonyl (C=O) groups is 2. The van der Waals surface area contributed by atoms with E-state index in [1.54, 1.807) is 18.1 Å². The number of pyridine rings is 1. The van der Waals surface area contributed by atoms with Crippen LogP contribution in [0.1, 0.15) is 37.4 Å². The van der Waals surface area contributed by atoms with E-state index in [0.717, 1.165) is 37.3 Å². The molecule has 2 fully saturated rings. The number of carbonyl (C=O) groups excluding carboxylic acids is 2. The van der Waals surface area contributed by atoms with Crippen LogP contribution in [-0.4, -0.2) is 79.6 Å². The minimum atomic E-state index is -0.675. The predicted octanol–water partition coefficient (Wildman–Crippen LogP) is 2.54. The molecule has 2 aliphatic rings. The normalized spacial score (nSPS) is 22.9. The number of benzene rings is 1. The highest BCUT2D eigenvalue weighted by molar-refractivity contribution is 6.39. The lowest BCUT2D eigenvalue weighted by Crippen LogP contribution is -2.50. The number of nitrogens with zero attached hydrogens (tertiary/aromatic N) is 4. The van der Waals surface area contributed by atoms with E-state index >= 15 is 0 Å². The number of methoxy groups -OCH3 is 1. The van der Waals surface area contributed by atoms with Crippen molar-refractivity contribution < 1.29 is 14.3 Å². The zero-order chi connectivity index (χ0) is 25.8. The summed E-state index contributed by atoms with van der Waals surface area (Å²) in [5.74, 6) is -0.694. The minimum Gasteiger partial charge on any atom is -0.383 e. The SMILES string of the molecule is CCc1cc(NC(=O)C(=O)N2C[C@H](C)[C@@H](OC)C[C@H]2c2ccc(N3CCN(C)CC3)cc2)cnc1N. The molecule has 1 aromatic heterocycles. The quantitative estimate of drug-likeness (QED) is 0.616. The summed E-state index contributed by atoms with van der Waals surface area (Å²) < 4.78 is 5.73. The molecule has 3 heterocycles. The van der Waals surface area contributed by atoms with Gasteiger partial charge in [-0.25, -0.2) is 4.98 Å². The van der Waals surface area contributed by atoms with E-state index < -0.39 is 11.8 Å². The van der Waals surface area contributed by atoms with E-state index in [-0.39, 0.29) is 18.1 Å². The van der Waals surface area contributed by atoms with Crippen molar-refractivity contribution in [2.45, 2.75) is 38.8 Å². The third-order valence-electron chi connectivity index (χ3n) is 7.50. The Kier molecular flexibility index (Phi) is 8.11. The van der Waals surface area contributed by atoms with Gasteiger partial charge in [0.25, 0.3) is 0 Å². The summed E-state index contributed by atoms with van der Waals surface area (Å²) in [5, 5.41) is 2.72. The molecule has 36 heavy (non-hydrogen) atoms. The van der Waals surface area contributed by atoms with Gasteiger partial charge in [0, 0.05) is 51.4 Å². The molecule has 9 heteroatoms. The Morgan fingerprint density at radius 1 is 1.17 bits per heavy atom. The third kappa shape index (κ3) is 5.63. The lowest BCUT2D eigenvalue weighted by Gasteiger charge is -2.42. The number of hydrogen-bond acceptors (Lipinski definition) is 7. The van der Waals surface area contributed by atoms with Crippen molar-refractivity contribution in [1.29, 1.82) is 0 Å². The van der Waals surface area contributed by atoms with Crippen LogP contribution in [0.5, 0.6) is 0 Å². The molecule has 2 aliphatic heterocycles. The fourth-order valence-corrected chi connectivity index (χ4v) is 5.16. The monoisotopic (exact) mass is 494 g/mol. The molecular formula is C27H38N6O3. The summed E-state index contributed by atoms with van der Waals surface area (Å²) in [4.78, 5) is 37.0. The number of likely N-dealkylation sites (tertiary alicyclic amines) is 1. The van der Waals surface area contributed by atoms with Crippen molar-refractivity contribution in [1.82, 2.24) is 14.8 Å². The largest absolute Gasteiger partial charge is 0.383 e. The van der Waals surface area contributed by atoms with Gasteiger partial charge in [0.05, 0.1) is 24.0 Å². The van der Waals surface area contributed by atoms with Gasteiger partial charge in [0.2, 0.25) is 0 Å². The van der Waals surface area contributed by atoms with Crippen LogP contribution in [0.2, 0.25) is 0 Å². The van der Waals surface area contributed by atoms with E-state index in [2.05, 4.69) is 58.3 Å². The smallest absolute Gasteiger partial charge is 0.313 e. The molecule has 9 nitrogen and oxygen atoms in total. The average molecular weight is 495 g/mol. The maximum absolute atomic E-state index is 13.4. The second kappa shape index (κ2) is 11.3. The first kappa shape index (κ1) is 25.9. The summed E-state index contributed by atoms with van der Waals surface area (Å²) in [6.45, 7) is 8.52. The number of likely N-dealkylation sites (N-methyl/N-ethyl adjacent to an activating group) is 1. The lowest BCUT2D eigenvalue weighted by atomic mass is 9.87. The summed E-state index contributed by atoms with van der Waals surface area (Å²) in [5.41, 5.74) is 9.36. The molecule has 0 saturated carbocycles. The van der Waals surface area contributed by atoms with Crippen LogP contribution >= 0.6 is 0 Å². The Hall–Kier alpha value is -3.17. The van der Waals surface area contributed by atoms with Gasteiger partial charge >= 0.3 is 11.8 Å². The van der Waals surface area contributed by atoms with E-state index in [0.29, 0.717) is 30.9 Å². The second-order valence-corrected chi connectivity index (χ2v) is 9.92. The summed E-state index contributed by atoms with van der Waals surface area (Å²) >= 11 is 0. The maximum Gasteiger partial charge on any atom is 0.313 e. The summed E-state index contributed by atoms with van der Waals surface area (Å²) in [6, 6.07) is 9.92. The molecule has 0 spiro atoms. The molecule has 4 rings (SSSR count). The first-order chi connectivity index (χ1) is 17.3. The number of ether oxygens (including phenoxy) is 1. The van der Waals surface area contributed by atoms with Crippen molar-refractivity contribution >= 4 is 29.0 Å². The maximum atomic E-state index is 13.4. The summed E-state index contributed by atoms with van der Waals surface area (Å²) in [6.07, 6.45) is 2.81. The number of nitrogen functional groups attached to an aromatic ring is 1. The lowest BCUT2D eigenvalue weighted by molar-refractivity contribution is -0.149. The zero-order valence-corrected chi connectivity index (χ0v) is 21.7. The Bertz CT molecular complexity index is 1070. The molecule has 2 amide bonds. The van der Waals surface area contributed by atoms with Gasteiger partial charge in [-0.1, -0.05) is 26.0 Å². The molecule has 2 aromatic rings. The highest BCUT2D eigenvalue weighted by atomic mass is 16.5. The number of nitrogens with one attached hydrogen (secondary N) is 1. The van der Waals surface area contributed by atoms with Gasteiger partial charge in [-0.05, 0) is 49.2 Å². The van der Waals surface area contributed by atoms with Gasteiger partial charge in [-0.15, -0.1) is 0 Å². The predicted molar refractivity (Wildman–Crippen MR) is 142 cm³/mol. The highest BCUT2D eigenvalue weighted by Gasteiger charge is 2.39. The fraction of sp³-hybridized carbons (Fsp3) is 0.519. The Morgan fingerprint density at radius 3 is 2.50 bits per heavy atom. The van der Waals surface area contributed by atoms with Crippen molar-refractivity contribution in [3.05, 3.63) is 47.7 Å². The van der Waals surface area contributed by atoms with Crippen LogP contribution in [0.3, 0.4) is 0 Å². The molecule has 2 saturated heterocycles. The van der Waals surface area contributed by atoms with Crippen molar-refractivity contribution in [3.8, 4) is 0 Å². The molecular weight excluding hydrogens is 456 g/mol. The zero-order valence-electron chi connectivity index (χ0n) is 21.7. The first-order valence-corrected chi connectivity index (χ1v) is 12.7. The molecule has 0 unspecified atom stereocenters. The number of aromatic nitrogens is 1. The average Bonchev–Trinajstić information content (AvgIpc) is 2.89. The number of amides is 2. The Morgan fingerprint density at radius 2 is 1.86 bits per heavy atom. The molecule has 1 aromatic carbocycles. The Labute approximate surface area is 213 Å². The minimum absolute atomic E-state index is 0.00725. The number of hydrogen-bond donors (Lipinski definition) is 2. The third-order valence-corrected chi connectivity index (χ3v) is 7.50. The van der Waals surface area contributed by atoms with Crippen LogP contribution in [0.25, 0.3) is 0 Å². The fourth-order valence-electron chi connectivity index (χ4n) is 5.16. The molecule has 194 valence electrons. The number of rotatable bonds is 5. The molecule has 3 atom stereocenters. The van der Waals surface area contributed by atoms with Crippen LogP contribution in [0.15, 0.2) is 36.5 Å². The van der Waals surface area contributed by atoms with Crippen LogP contribution in [0.4, 0.5) is 17.2 Å². The summed E-state index contributed by atoms with van der Waals surface area (Å²) in [7, 11) is 3.85. The number of nitrogens with two attached hydrogens (primary N) is 1. The number of piperazine rings is 1. The van der Waals surface area contributed by atoms with Crippen LogP contribution in [-0.2, 0) is 20.7 Å². The van der Waals surface area contributed by atoms with Gasteiger partial charge in [0.1, 0.15) is 5.82 Å². The number of anilines is 3. The molecule has 0 radical (unpaired) electrons. The molecule has 0 bridgehead atoms. The topological polar surface area (TPSA) is 104 Å². The van der Waals surface area contributed by atoms with Crippen LogP contribution in [0, 0.1) is 5.92 Å². The van der Waals surface area contributed by atoms with Gasteiger partial charge in [-0.3, -0.25) is 9.59 Å². The van der Waals surface area contributed by atoms with Gasteiger partial charge in [-0.2, -0.15) is 0 Å². The van der Waals surface area contributed by atoms with E-state index in [1.807, 2.05) is 6.92 Å². The van der Waals surface area contributed by atoms with Gasteiger partial charge < -0.3 is 30.5 Å². The van der Waals surface area contributed by atoms with Crippen molar-refractivity contribution in [3.63, 3.8) is 0 Å². The van der Waals surface area contributed by atoms with E-state index in [9.17, 15) is 9.59 Å². The molecule has 3 N–H and O–H groups in total. The van der Waals surface area contributed by atoms with Gasteiger partial charge in [0.15, 0.2) is 0 Å². The first-order valence-electron chi connectivity index (χ1n) is 12.7. The highest BCUT2D eigenvalue weighted by Crippen LogP contribution is 2.36. The standard InChI is InChI=1S/C27H38N6O3/c1-5-19-14-21(16-29-25(19)28)30-26(34)27(35)33-17-18(2)24(36-4)15-23(33)20-6-8-22(9-7-20)32-12-10-31(3)11-13-32/h6-9,14,16,18,23-24H,5,10-13,15,17H2,1-4H3,(H2,28,29)(H,30,34)/t18-,23-,24-/m0/s1. The number of aryl methyl sites for hydroxylation is 1. The van der Waals surface area contributed by atoms with Crippen molar-refractivity contribution in [2.75, 3.05) is 62.8 Å². The number of piperidine rings is 1. The van der Waals surface area contributed by atoms with E-state index in [1.165, 1.54) is 11.9 Å². The second-order valence-electron chi connectivity index (χ2n) is 9.92. The molecule has 0 aliphatic carbocycles. The Balaban J connectivity index is 1.52. The van der Waals surface area contributed by atoms with Crippen LogP contribution < -0.4 is 16.0 Å².